The van der Waals surface area contributed by atoms with Crippen LogP contribution in [0.1, 0.15) is 22.8 Å². The van der Waals surface area contributed by atoms with Gasteiger partial charge in [0, 0.05) is 0 Å². The van der Waals surface area contributed by atoms with E-state index in [-0.39, 0.29) is 0 Å². The first-order chi connectivity index (χ1) is 12.2. The van der Waals surface area contributed by atoms with E-state index in [1.54, 1.807) is 0 Å². The van der Waals surface area contributed by atoms with Crippen molar-refractivity contribution in [2.24, 2.45) is 0 Å². The molecule has 0 aliphatic rings. The van der Waals surface area contributed by atoms with Gasteiger partial charge in [0.1, 0.15) is 0 Å². The van der Waals surface area contributed by atoms with Gasteiger partial charge in [-0.15, -0.1) is 0 Å². The van der Waals surface area contributed by atoms with E-state index in [0.717, 1.165) is 23.2 Å². The standard InChI is InChI=1S/C22H21NOSe/c24-21(20-14-8-3-9-15-20)22(25)23(16-18-10-4-1-5-11-18)17-19-12-6-2-7-13-19/h1-15,21,24H,16-17H2. The number of rotatable bonds is 7. The average Bonchev–Trinajstić information content (AvgIpc) is 2.68. The summed E-state index contributed by atoms with van der Waals surface area (Å²) >= 11 is 3.11. The molecule has 0 aliphatic carbocycles. The summed E-state index contributed by atoms with van der Waals surface area (Å²) in [4.78, 5) is 2.20. The Morgan fingerprint density at radius 3 is 1.56 bits per heavy atom. The Balaban J connectivity index is 1.83. The van der Waals surface area contributed by atoms with Crippen molar-refractivity contribution in [2.75, 3.05) is 0 Å². The van der Waals surface area contributed by atoms with E-state index >= 15 is 0 Å². The predicted molar refractivity (Wildman–Crippen MR) is 104 cm³/mol. The maximum atomic E-state index is 10.8. The van der Waals surface area contributed by atoms with Gasteiger partial charge >= 0.3 is 157 Å². The van der Waals surface area contributed by atoms with Crippen LogP contribution in [-0.2, 0) is 13.1 Å². The van der Waals surface area contributed by atoms with Crippen LogP contribution in [0, 0.1) is 0 Å². The summed E-state index contributed by atoms with van der Waals surface area (Å²) in [6.45, 7) is 1.48. The second-order valence-electron chi connectivity index (χ2n) is 5.98. The molecular formula is C22H21NOSe. The molecule has 0 amide bonds. The molecule has 3 rings (SSSR count). The van der Waals surface area contributed by atoms with E-state index in [1.807, 2.05) is 66.7 Å². The fourth-order valence-electron chi connectivity index (χ4n) is 2.77. The van der Waals surface area contributed by atoms with Crippen molar-refractivity contribution in [2.45, 2.75) is 19.2 Å². The second kappa shape index (κ2) is 8.77. The van der Waals surface area contributed by atoms with Crippen molar-refractivity contribution >= 4 is 20.1 Å². The van der Waals surface area contributed by atoms with Crippen molar-refractivity contribution in [3.8, 4) is 0 Å². The van der Waals surface area contributed by atoms with Gasteiger partial charge in [0.05, 0.1) is 0 Å². The number of aliphatic hydroxyl groups excluding tert-OH is 1. The molecule has 3 aromatic rings. The van der Waals surface area contributed by atoms with E-state index in [0.29, 0.717) is 0 Å². The Labute approximate surface area is 157 Å². The first-order valence-corrected chi connectivity index (χ1v) is 9.19. The molecule has 1 unspecified atom stereocenters. The van der Waals surface area contributed by atoms with Gasteiger partial charge < -0.3 is 0 Å². The quantitative estimate of drug-likeness (QED) is 0.618. The molecule has 126 valence electrons. The van der Waals surface area contributed by atoms with Crippen LogP contribution >= 0.6 is 0 Å². The fraction of sp³-hybridized carbons (Fsp3) is 0.136. The third-order valence-electron chi connectivity index (χ3n) is 4.09. The summed E-state index contributed by atoms with van der Waals surface area (Å²) in [5.74, 6) is 0. The van der Waals surface area contributed by atoms with Gasteiger partial charge in [0.15, 0.2) is 0 Å². The molecule has 0 saturated carbocycles. The van der Waals surface area contributed by atoms with E-state index < -0.39 is 6.10 Å². The van der Waals surface area contributed by atoms with Crippen molar-refractivity contribution in [3.05, 3.63) is 108 Å². The van der Waals surface area contributed by atoms with Crippen LogP contribution in [-0.4, -0.2) is 30.1 Å². The van der Waals surface area contributed by atoms with Crippen LogP contribution in [0.4, 0.5) is 0 Å². The Morgan fingerprint density at radius 1 is 0.720 bits per heavy atom. The normalized spacial score (nSPS) is 11.7. The van der Waals surface area contributed by atoms with Crippen LogP contribution < -0.4 is 0 Å². The molecule has 3 aromatic carbocycles. The molecule has 0 fully saturated rings. The van der Waals surface area contributed by atoms with Crippen LogP contribution in [0.3, 0.4) is 0 Å². The molecule has 25 heavy (non-hydrogen) atoms. The van der Waals surface area contributed by atoms with Crippen molar-refractivity contribution in [1.82, 2.24) is 4.90 Å². The molecule has 0 bridgehead atoms. The van der Waals surface area contributed by atoms with Gasteiger partial charge in [0.2, 0.25) is 0 Å². The van der Waals surface area contributed by atoms with E-state index in [9.17, 15) is 5.11 Å². The zero-order valence-electron chi connectivity index (χ0n) is 14.0. The molecule has 1 atom stereocenters. The number of hydrogen-bond donors (Lipinski definition) is 1. The van der Waals surface area contributed by atoms with Gasteiger partial charge in [-0.1, -0.05) is 0 Å². The Hall–Kier alpha value is -2.19. The molecule has 0 radical (unpaired) electrons. The zero-order chi connectivity index (χ0) is 17.5. The first-order valence-electron chi connectivity index (χ1n) is 8.33. The topological polar surface area (TPSA) is 23.5 Å². The first kappa shape index (κ1) is 17.6. The second-order valence-corrected chi connectivity index (χ2v) is 6.86. The average molecular weight is 394 g/mol. The molecule has 1 N–H and O–H groups in total. The van der Waals surface area contributed by atoms with Crippen LogP contribution in [0.5, 0.6) is 0 Å². The molecule has 0 saturated heterocycles. The van der Waals surface area contributed by atoms with Crippen LogP contribution in [0.25, 0.3) is 0 Å². The van der Waals surface area contributed by atoms with Gasteiger partial charge in [-0.25, -0.2) is 0 Å². The third-order valence-corrected chi connectivity index (χ3v) is 5.10. The molecule has 2 nitrogen and oxygen atoms in total. The molecule has 0 aromatic heterocycles. The van der Waals surface area contributed by atoms with Crippen molar-refractivity contribution in [3.63, 3.8) is 0 Å². The summed E-state index contributed by atoms with van der Waals surface area (Å²) < 4.78 is 0.832. The van der Waals surface area contributed by atoms with Gasteiger partial charge in [-0.3, -0.25) is 0 Å². The third kappa shape index (κ3) is 4.90. The van der Waals surface area contributed by atoms with Gasteiger partial charge in [0.25, 0.3) is 0 Å². The van der Waals surface area contributed by atoms with E-state index in [4.69, 9.17) is 0 Å². The Kier molecular flexibility index (Phi) is 6.19. The van der Waals surface area contributed by atoms with Crippen molar-refractivity contribution in [1.29, 1.82) is 0 Å². The summed E-state index contributed by atoms with van der Waals surface area (Å²) in [6.07, 6.45) is -0.659. The van der Waals surface area contributed by atoms with Gasteiger partial charge in [-0.2, -0.15) is 0 Å². The Morgan fingerprint density at radius 2 is 1.12 bits per heavy atom. The number of hydrogen-bond acceptors (Lipinski definition) is 2. The SMILES string of the molecule is OC(C(=[Se])N(Cc1ccccc1)Cc1ccccc1)c1ccccc1. The van der Waals surface area contributed by atoms with Crippen LogP contribution in [0.15, 0.2) is 91.0 Å². The van der Waals surface area contributed by atoms with E-state index in [2.05, 4.69) is 44.7 Å². The summed E-state index contributed by atoms with van der Waals surface area (Å²) in [7, 11) is 0. The zero-order valence-corrected chi connectivity index (χ0v) is 15.7. The monoisotopic (exact) mass is 395 g/mol. The van der Waals surface area contributed by atoms with E-state index in [1.165, 1.54) is 11.1 Å². The fourth-order valence-corrected chi connectivity index (χ4v) is 3.33. The molecule has 3 heteroatoms. The number of benzene rings is 3. The maximum absolute atomic E-state index is 10.8. The summed E-state index contributed by atoms with van der Waals surface area (Å²) in [5.41, 5.74) is 3.32. The van der Waals surface area contributed by atoms with Gasteiger partial charge in [-0.05, 0) is 0 Å². The molecule has 0 spiro atoms. The predicted octanol–water partition coefficient (Wildman–Crippen LogP) is 3.72. The summed E-state index contributed by atoms with van der Waals surface area (Å²) in [6, 6.07) is 30.4. The number of aliphatic hydroxyl groups is 1. The van der Waals surface area contributed by atoms with Crippen LogP contribution in [0.2, 0.25) is 0 Å². The summed E-state index contributed by atoms with van der Waals surface area (Å²) in [5, 5.41) is 10.8. The molecule has 0 aliphatic heterocycles. The number of nitrogens with zero attached hydrogens (tertiary/aromatic N) is 1. The van der Waals surface area contributed by atoms with Crippen molar-refractivity contribution < 1.29 is 5.11 Å². The molecule has 0 heterocycles. The molecular weight excluding hydrogens is 373 g/mol. The Bertz CT molecular complexity index is 749. The minimum atomic E-state index is -0.659. The minimum absolute atomic E-state index is 0.659.